The molecule has 0 bridgehead atoms. The third-order valence-corrected chi connectivity index (χ3v) is 3.71. The van der Waals surface area contributed by atoms with Crippen molar-refractivity contribution >= 4 is 11.9 Å². The summed E-state index contributed by atoms with van der Waals surface area (Å²) in [6.45, 7) is 3.51. The summed E-state index contributed by atoms with van der Waals surface area (Å²) in [5.74, 6) is -2.36. The quantitative estimate of drug-likeness (QED) is 0.581. The third kappa shape index (κ3) is 4.29. The van der Waals surface area contributed by atoms with Crippen molar-refractivity contribution in [2.75, 3.05) is 0 Å². The SMILES string of the molecule is CCC(O)Cc1c(C(=O)O)ccc(C(=O)O)c1CC(O)CC. The molecule has 1 aromatic carbocycles. The monoisotopic (exact) mass is 310 g/mol. The molecule has 0 spiro atoms. The molecule has 122 valence electrons. The first-order chi connectivity index (χ1) is 10.3. The number of rotatable bonds is 8. The highest BCUT2D eigenvalue weighted by atomic mass is 16.4. The lowest BCUT2D eigenvalue weighted by atomic mass is 9.88. The van der Waals surface area contributed by atoms with Gasteiger partial charge in [0.25, 0.3) is 0 Å². The lowest BCUT2D eigenvalue weighted by Gasteiger charge is -2.19. The summed E-state index contributed by atoms with van der Waals surface area (Å²) in [5.41, 5.74) is 0.509. The van der Waals surface area contributed by atoms with Gasteiger partial charge in [0.15, 0.2) is 0 Å². The van der Waals surface area contributed by atoms with E-state index < -0.39 is 24.1 Å². The van der Waals surface area contributed by atoms with E-state index in [1.807, 2.05) is 0 Å². The molecule has 0 aromatic heterocycles. The van der Waals surface area contributed by atoms with E-state index >= 15 is 0 Å². The van der Waals surface area contributed by atoms with Crippen molar-refractivity contribution in [3.63, 3.8) is 0 Å². The third-order valence-electron chi connectivity index (χ3n) is 3.71. The smallest absolute Gasteiger partial charge is 0.335 e. The fraction of sp³-hybridized carbons (Fsp3) is 0.500. The first-order valence-electron chi connectivity index (χ1n) is 7.29. The number of carboxylic acids is 2. The Hall–Kier alpha value is -1.92. The fourth-order valence-electron chi connectivity index (χ4n) is 2.32. The number of carbonyl (C=O) groups is 2. The molecule has 1 rings (SSSR count). The second-order valence-electron chi connectivity index (χ2n) is 5.26. The van der Waals surface area contributed by atoms with Gasteiger partial charge in [-0.05, 0) is 48.9 Å². The second-order valence-corrected chi connectivity index (χ2v) is 5.26. The Morgan fingerprint density at radius 2 is 1.18 bits per heavy atom. The molecule has 0 aliphatic carbocycles. The average Bonchev–Trinajstić information content (AvgIpc) is 2.47. The van der Waals surface area contributed by atoms with Crippen LogP contribution >= 0.6 is 0 Å². The van der Waals surface area contributed by atoms with E-state index in [0.29, 0.717) is 12.8 Å². The van der Waals surface area contributed by atoms with Gasteiger partial charge in [-0.25, -0.2) is 9.59 Å². The van der Waals surface area contributed by atoms with Crippen molar-refractivity contribution in [2.24, 2.45) is 0 Å². The molecular formula is C16H22O6. The summed E-state index contributed by atoms with van der Waals surface area (Å²) >= 11 is 0. The number of carboxylic acid groups (broad SMARTS) is 2. The minimum atomic E-state index is -1.18. The van der Waals surface area contributed by atoms with Crippen LogP contribution in [-0.4, -0.2) is 44.6 Å². The number of aliphatic hydroxyl groups excluding tert-OH is 2. The highest BCUT2D eigenvalue weighted by Gasteiger charge is 2.23. The summed E-state index contributed by atoms with van der Waals surface area (Å²) in [6.07, 6.45) is -0.590. The molecule has 0 radical (unpaired) electrons. The molecule has 0 saturated carbocycles. The predicted octanol–water partition coefficient (Wildman–Crippen LogP) is 1.71. The van der Waals surface area contributed by atoms with Crippen LogP contribution in [0.2, 0.25) is 0 Å². The highest BCUT2D eigenvalue weighted by Crippen LogP contribution is 2.24. The molecule has 0 fully saturated rings. The van der Waals surface area contributed by atoms with Gasteiger partial charge in [0.05, 0.1) is 23.3 Å². The first-order valence-corrected chi connectivity index (χ1v) is 7.29. The van der Waals surface area contributed by atoms with Crippen molar-refractivity contribution in [1.82, 2.24) is 0 Å². The molecule has 4 N–H and O–H groups in total. The van der Waals surface area contributed by atoms with Crippen LogP contribution in [0.1, 0.15) is 58.5 Å². The number of aliphatic hydroxyl groups is 2. The zero-order valence-electron chi connectivity index (χ0n) is 12.7. The Kier molecular flexibility index (Phi) is 6.52. The summed E-state index contributed by atoms with van der Waals surface area (Å²) in [7, 11) is 0. The maximum absolute atomic E-state index is 11.4. The van der Waals surface area contributed by atoms with Gasteiger partial charge in [-0.1, -0.05) is 13.8 Å². The zero-order chi connectivity index (χ0) is 16.9. The van der Waals surface area contributed by atoms with Crippen LogP contribution in [0, 0.1) is 0 Å². The molecule has 0 aliphatic rings. The Labute approximate surface area is 129 Å². The minimum Gasteiger partial charge on any atom is -0.478 e. The molecule has 2 atom stereocenters. The number of hydrogen-bond acceptors (Lipinski definition) is 4. The first kappa shape index (κ1) is 18.1. The van der Waals surface area contributed by atoms with Crippen LogP contribution in [0.25, 0.3) is 0 Å². The molecule has 6 heteroatoms. The van der Waals surface area contributed by atoms with E-state index in [0.717, 1.165) is 0 Å². The molecular weight excluding hydrogens is 288 g/mol. The topological polar surface area (TPSA) is 115 Å². The van der Waals surface area contributed by atoms with Crippen LogP contribution in [0.5, 0.6) is 0 Å². The average molecular weight is 310 g/mol. The standard InChI is InChI=1S/C16H22O6/c1-3-9(17)7-13-11(15(19)20)5-6-12(16(21)22)14(13)8-10(18)4-2/h5-6,9-10,17-18H,3-4,7-8H2,1-2H3,(H,19,20)(H,21,22). The van der Waals surface area contributed by atoms with Crippen molar-refractivity contribution in [3.05, 3.63) is 34.4 Å². The van der Waals surface area contributed by atoms with Gasteiger partial charge in [-0.15, -0.1) is 0 Å². The van der Waals surface area contributed by atoms with Gasteiger partial charge < -0.3 is 20.4 Å². The summed E-state index contributed by atoms with van der Waals surface area (Å²) < 4.78 is 0. The zero-order valence-corrected chi connectivity index (χ0v) is 12.7. The van der Waals surface area contributed by atoms with Crippen LogP contribution in [-0.2, 0) is 12.8 Å². The summed E-state index contributed by atoms with van der Waals surface area (Å²) in [5, 5.41) is 38.3. The van der Waals surface area contributed by atoms with Crippen molar-refractivity contribution < 1.29 is 30.0 Å². The Balaban J connectivity index is 3.50. The van der Waals surface area contributed by atoms with E-state index in [2.05, 4.69) is 0 Å². The van der Waals surface area contributed by atoms with Gasteiger partial charge in [0.2, 0.25) is 0 Å². The number of hydrogen-bond donors (Lipinski definition) is 4. The molecule has 2 unspecified atom stereocenters. The van der Waals surface area contributed by atoms with Crippen LogP contribution in [0.15, 0.2) is 12.1 Å². The van der Waals surface area contributed by atoms with Crippen LogP contribution in [0.3, 0.4) is 0 Å². The van der Waals surface area contributed by atoms with Crippen LogP contribution < -0.4 is 0 Å². The maximum atomic E-state index is 11.4. The molecule has 6 nitrogen and oxygen atoms in total. The Morgan fingerprint density at radius 1 is 0.864 bits per heavy atom. The van der Waals surface area contributed by atoms with Crippen molar-refractivity contribution in [1.29, 1.82) is 0 Å². The fourth-order valence-corrected chi connectivity index (χ4v) is 2.32. The summed E-state index contributed by atoms with van der Waals surface area (Å²) in [6, 6.07) is 2.48. The molecule has 1 aromatic rings. The van der Waals surface area contributed by atoms with E-state index in [4.69, 9.17) is 0 Å². The number of aromatic carboxylic acids is 2. The molecule has 0 amide bonds. The van der Waals surface area contributed by atoms with E-state index in [1.165, 1.54) is 12.1 Å². The van der Waals surface area contributed by atoms with Crippen molar-refractivity contribution in [2.45, 2.75) is 51.7 Å². The van der Waals surface area contributed by atoms with Crippen molar-refractivity contribution in [3.8, 4) is 0 Å². The van der Waals surface area contributed by atoms with Gasteiger partial charge in [0, 0.05) is 0 Å². The normalized spacial score (nSPS) is 13.6. The van der Waals surface area contributed by atoms with E-state index in [9.17, 15) is 30.0 Å². The maximum Gasteiger partial charge on any atom is 0.335 e. The van der Waals surface area contributed by atoms with E-state index in [-0.39, 0.29) is 35.1 Å². The minimum absolute atomic E-state index is 0.0317. The largest absolute Gasteiger partial charge is 0.478 e. The lowest BCUT2D eigenvalue weighted by Crippen LogP contribution is -2.20. The van der Waals surface area contributed by atoms with E-state index in [1.54, 1.807) is 13.8 Å². The highest BCUT2D eigenvalue weighted by molar-refractivity contribution is 5.95. The molecule has 0 aliphatic heterocycles. The van der Waals surface area contributed by atoms with Gasteiger partial charge in [0.1, 0.15) is 0 Å². The van der Waals surface area contributed by atoms with Gasteiger partial charge >= 0.3 is 11.9 Å². The number of benzene rings is 1. The lowest BCUT2D eigenvalue weighted by molar-refractivity contribution is 0.0676. The predicted molar refractivity (Wildman–Crippen MR) is 80.4 cm³/mol. The Morgan fingerprint density at radius 3 is 1.41 bits per heavy atom. The van der Waals surface area contributed by atoms with Gasteiger partial charge in [-0.2, -0.15) is 0 Å². The Bertz CT molecular complexity index is 503. The van der Waals surface area contributed by atoms with Crippen LogP contribution in [0.4, 0.5) is 0 Å². The molecule has 0 heterocycles. The second kappa shape index (κ2) is 7.91. The molecule has 22 heavy (non-hydrogen) atoms. The van der Waals surface area contributed by atoms with Gasteiger partial charge in [-0.3, -0.25) is 0 Å². The summed E-state index contributed by atoms with van der Waals surface area (Å²) in [4.78, 5) is 22.8. The molecule has 0 saturated heterocycles.